The molecule has 0 fully saturated rings. The van der Waals surface area contributed by atoms with Crippen molar-refractivity contribution < 1.29 is 14.5 Å². The number of nitro benzene ring substituents is 1. The zero-order chi connectivity index (χ0) is 14.4. The lowest BCUT2D eigenvalue weighted by Gasteiger charge is -2.22. The van der Waals surface area contributed by atoms with Gasteiger partial charge in [-0.05, 0) is 32.4 Å². The van der Waals surface area contributed by atoms with Gasteiger partial charge in [-0.2, -0.15) is 0 Å². The van der Waals surface area contributed by atoms with E-state index in [1.165, 1.54) is 12.1 Å². The van der Waals surface area contributed by atoms with Crippen LogP contribution < -0.4 is 4.90 Å². The number of esters is 1. The molecule has 6 heteroatoms. The van der Waals surface area contributed by atoms with Gasteiger partial charge < -0.3 is 9.64 Å². The Kier molecular flexibility index (Phi) is 5.29. The molecule has 19 heavy (non-hydrogen) atoms. The number of rotatable bonds is 6. The van der Waals surface area contributed by atoms with E-state index in [1.54, 1.807) is 18.7 Å². The summed E-state index contributed by atoms with van der Waals surface area (Å²) >= 11 is 0. The highest BCUT2D eigenvalue weighted by Gasteiger charge is 2.15. The molecule has 0 unspecified atom stereocenters. The van der Waals surface area contributed by atoms with Crippen molar-refractivity contribution in [3.05, 3.63) is 33.9 Å². The van der Waals surface area contributed by atoms with Crippen LogP contribution in [-0.4, -0.2) is 30.6 Å². The molecule has 0 bridgehead atoms. The number of non-ortho nitro benzene ring substituents is 1. The molecule has 0 N–H and O–H groups in total. The van der Waals surface area contributed by atoms with Crippen LogP contribution >= 0.6 is 0 Å². The van der Waals surface area contributed by atoms with Gasteiger partial charge in [-0.3, -0.25) is 14.9 Å². The zero-order valence-electron chi connectivity index (χ0n) is 11.4. The number of ether oxygens (including phenoxy) is 1. The average Bonchev–Trinajstić information content (AvgIpc) is 2.35. The summed E-state index contributed by atoms with van der Waals surface area (Å²) in [6.45, 7) is 6.39. The number of hydrogen-bond acceptors (Lipinski definition) is 5. The van der Waals surface area contributed by atoms with Gasteiger partial charge in [0, 0.05) is 24.4 Å². The summed E-state index contributed by atoms with van der Waals surface area (Å²) in [6.07, 6.45) is 0. The van der Waals surface area contributed by atoms with Crippen LogP contribution in [0, 0.1) is 17.0 Å². The maximum absolute atomic E-state index is 11.5. The summed E-state index contributed by atoms with van der Waals surface area (Å²) in [4.78, 5) is 23.6. The Morgan fingerprint density at radius 3 is 2.58 bits per heavy atom. The second-order valence-electron chi connectivity index (χ2n) is 4.10. The van der Waals surface area contributed by atoms with Crippen molar-refractivity contribution in [1.29, 1.82) is 0 Å². The normalized spacial score (nSPS) is 10.1. The van der Waals surface area contributed by atoms with Gasteiger partial charge in [-0.25, -0.2) is 0 Å². The maximum Gasteiger partial charge on any atom is 0.325 e. The van der Waals surface area contributed by atoms with Crippen LogP contribution in [0.15, 0.2) is 18.2 Å². The van der Waals surface area contributed by atoms with E-state index < -0.39 is 4.92 Å². The van der Waals surface area contributed by atoms with Crippen LogP contribution in [0.4, 0.5) is 11.4 Å². The molecule has 0 radical (unpaired) electrons. The number of likely N-dealkylation sites (N-methyl/N-ethyl adjacent to an activating group) is 1. The Morgan fingerprint density at radius 2 is 2.05 bits per heavy atom. The predicted molar refractivity (Wildman–Crippen MR) is 72.4 cm³/mol. The Morgan fingerprint density at radius 1 is 1.37 bits per heavy atom. The first-order chi connectivity index (χ1) is 8.97. The number of nitro groups is 1. The largest absolute Gasteiger partial charge is 0.465 e. The smallest absolute Gasteiger partial charge is 0.325 e. The number of carbonyl (C=O) groups is 1. The van der Waals surface area contributed by atoms with Gasteiger partial charge in [-0.15, -0.1) is 0 Å². The van der Waals surface area contributed by atoms with E-state index in [9.17, 15) is 14.9 Å². The van der Waals surface area contributed by atoms with E-state index in [1.807, 2.05) is 13.0 Å². The van der Waals surface area contributed by atoms with Gasteiger partial charge in [0.05, 0.1) is 11.5 Å². The van der Waals surface area contributed by atoms with E-state index in [0.29, 0.717) is 18.8 Å². The molecule has 0 aliphatic heterocycles. The molecule has 6 nitrogen and oxygen atoms in total. The van der Waals surface area contributed by atoms with Crippen LogP contribution in [0.2, 0.25) is 0 Å². The topological polar surface area (TPSA) is 72.7 Å². The Balaban J connectivity index is 2.97. The first kappa shape index (κ1) is 14.9. The fraction of sp³-hybridized carbons (Fsp3) is 0.462. The minimum Gasteiger partial charge on any atom is -0.465 e. The highest BCUT2D eigenvalue weighted by molar-refractivity contribution is 5.76. The summed E-state index contributed by atoms with van der Waals surface area (Å²) in [6, 6.07) is 4.78. The third-order valence-corrected chi connectivity index (χ3v) is 2.63. The Labute approximate surface area is 112 Å². The van der Waals surface area contributed by atoms with E-state index >= 15 is 0 Å². The highest BCUT2D eigenvalue weighted by atomic mass is 16.6. The van der Waals surface area contributed by atoms with E-state index in [0.717, 1.165) is 5.56 Å². The Hall–Kier alpha value is -2.11. The van der Waals surface area contributed by atoms with Gasteiger partial charge in [-0.1, -0.05) is 0 Å². The predicted octanol–water partition coefficient (Wildman–Crippen LogP) is 2.29. The van der Waals surface area contributed by atoms with E-state index in [-0.39, 0.29) is 18.2 Å². The number of benzene rings is 1. The van der Waals surface area contributed by atoms with Crippen LogP contribution in [0.1, 0.15) is 19.4 Å². The van der Waals surface area contributed by atoms with Gasteiger partial charge in [0.1, 0.15) is 6.54 Å². The highest BCUT2D eigenvalue weighted by Crippen LogP contribution is 2.23. The number of hydrogen-bond donors (Lipinski definition) is 0. The fourth-order valence-corrected chi connectivity index (χ4v) is 1.78. The molecule has 0 spiro atoms. The average molecular weight is 266 g/mol. The summed E-state index contributed by atoms with van der Waals surface area (Å²) in [7, 11) is 0. The van der Waals surface area contributed by atoms with Crippen molar-refractivity contribution in [3.63, 3.8) is 0 Å². The molecule has 0 heterocycles. The van der Waals surface area contributed by atoms with Gasteiger partial charge in [0.2, 0.25) is 0 Å². The number of carbonyl (C=O) groups excluding carboxylic acids is 1. The van der Waals surface area contributed by atoms with Gasteiger partial charge in [0.25, 0.3) is 5.69 Å². The molecule has 0 saturated carbocycles. The fourth-order valence-electron chi connectivity index (χ4n) is 1.78. The molecular weight excluding hydrogens is 248 g/mol. The Bertz CT molecular complexity index is 474. The van der Waals surface area contributed by atoms with Crippen molar-refractivity contribution in [1.82, 2.24) is 0 Å². The quantitative estimate of drug-likeness (QED) is 0.448. The zero-order valence-corrected chi connectivity index (χ0v) is 11.4. The molecule has 1 aromatic rings. The molecule has 1 rings (SSSR count). The molecule has 0 amide bonds. The number of anilines is 1. The number of nitrogens with zero attached hydrogens (tertiary/aromatic N) is 2. The van der Waals surface area contributed by atoms with E-state index in [2.05, 4.69) is 0 Å². The molecule has 0 aliphatic rings. The van der Waals surface area contributed by atoms with Crippen LogP contribution in [0.5, 0.6) is 0 Å². The van der Waals surface area contributed by atoms with Crippen molar-refractivity contribution in [2.45, 2.75) is 20.8 Å². The molecule has 0 saturated heterocycles. The van der Waals surface area contributed by atoms with Crippen LogP contribution in [0.3, 0.4) is 0 Å². The monoisotopic (exact) mass is 266 g/mol. The first-order valence-corrected chi connectivity index (χ1v) is 6.14. The van der Waals surface area contributed by atoms with Crippen molar-refractivity contribution >= 4 is 17.3 Å². The summed E-state index contributed by atoms with van der Waals surface area (Å²) in [5.74, 6) is -0.339. The lowest BCUT2D eigenvalue weighted by Crippen LogP contribution is -2.30. The third-order valence-electron chi connectivity index (χ3n) is 2.63. The first-order valence-electron chi connectivity index (χ1n) is 6.14. The second-order valence-corrected chi connectivity index (χ2v) is 4.10. The van der Waals surface area contributed by atoms with Gasteiger partial charge >= 0.3 is 5.97 Å². The second kappa shape index (κ2) is 6.72. The molecular formula is C13H18N2O4. The standard InChI is InChI=1S/C13H18N2O4/c1-4-14(9-13(16)19-5-2)11-6-10(3)7-12(8-11)15(17)18/h6-8H,4-5,9H2,1-3H3. The minimum atomic E-state index is -0.436. The molecule has 0 aromatic heterocycles. The van der Waals surface area contributed by atoms with Crippen LogP contribution in [-0.2, 0) is 9.53 Å². The molecule has 0 atom stereocenters. The lowest BCUT2D eigenvalue weighted by atomic mass is 10.2. The summed E-state index contributed by atoms with van der Waals surface area (Å²) < 4.78 is 4.89. The van der Waals surface area contributed by atoms with Crippen molar-refractivity contribution in [2.24, 2.45) is 0 Å². The van der Waals surface area contributed by atoms with Crippen molar-refractivity contribution in [2.75, 3.05) is 24.6 Å². The summed E-state index contributed by atoms with van der Waals surface area (Å²) in [5.41, 5.74) is 1.46. The van der Waals surface area contributed by atoms with Crippen molar-refractivity contribution in [3.8, 4) is 0 Å². The van der Waals surface area contributed by atoms with Gasteiger partial charge in [0.15, 0.2) is 0 Å². The molecule has 104 valence electrons. The minimum absolute atomic E-state index is 0.0253. The lowest BCUT2D eigenvalue weighted by molar-refractivity contribution is -0.384. The number of aryl methyl sites for hydroxylation is 1. The maximum atomic E-state index is 11.5. The van der Waals surface area contributed by atoms with E-state index in [4.69, 9.17) is 4.74 Å². The third kappa shape index (κ3) is 4.24. The molecule has 1 aromatic carbocycles. The summed E-state index contributed by atoms with van der Waals surface area (Å²) in [5, 5.41) is 10.8. The van der Waals surface area contributed by atoms with Crippen LogP contribution in [0.25, 0.3) is 0 Å². The molecule has 0 aliphatic carbocycles. The SMILES string of the molecule is CCOC(=O)CN(CC)c1cc(C)cc([N+](=O)[O-])c1.